The summed E-state index contributed by atoms with van der Waals surface area (Å²) < 4.78 is 76.3. The summed E-state index contributed by atoms with van der Waals surface area (Å²) >= 11 is 6.37. The normalized spacial score (nSPS) is 28.1. The van der Waals surface area contributed by atoms with Crippen molar-refractivity contribution in [1.29, 1.82) is 0 Å². The number of halogens is 6. The van der Waals surface area contributed by atoms with Crippen LogP contribution in [0.3, 0.4) is 0 Å². The number of hydrogen-bond acceptors (Lipinski definition) is 5. The van der Waals surface area contributed by atoms with Gasteiger partial charge in [-0.2, -0.15) is 13.2 Å². The van der Waals surface area contributed by atoms with Crippen molar-refractivity contribution >= 4 is 17.3 Å². The Morgan fingerprint density at radius 2 is 1.68 bits per heavy atom. The second kappa shape index (κ2) is 8.12. The molecule has 0 N–H and O–H groups in total. The zero-order chi connectivity index (χ0) is 28.5. The average Bonchev–Trinajstić information content (AvgIpc) is 3.11. The molecule has 9 rings (SSSR count). The van der Waals surface area contributed by atoms with Crippen LogP contribution < -0.4 is 9.64 Å². The molecule has 12 heteroatoms. The lowest BCUT2D eigenvalue weighted by atomic mass is 9.38. The third-order valence-corrected chi connectivity index (χ3v) is 10.6. The van der Waals surface area contributed by atoms with Gasteiger partial charge in [0, 0.05) is 53.7 Å². The van der Waals surface area contributed by atoms with E-state index < -0.39 is 28.8 Å². The zero-order valence-electron chi connectivity index (χ0n) is 22.2. The molecule has 6 aliphatic rings. The lowest BCUT2D eigenvalue weighted by Crippen LogP contribution is -2.78. The highest BCUT2D eigenvalue weighted by Crippen LogP contribution is 2.75. The van der Waals surface area contributed by atoms with E-state index in [2.05, 4.69) is 19.7 Å². The third-order valence-electron chi connectivity index (χ3n) is 10.3. The molecule has 2 bridgehead atoms. The molecule has 1 spiro atoms. The van der Waals surface area contributed by atoms with Crippen molar-refractivity contribution < 1.29 is 26.7 Å². The van der Waals surface area contributed by atoms with Gasteiger partial charge in [0.2, 0.25) is 0 Å². The minimum absolute atomic E-state index is 0.0141. The van der Waals surface area contributed by atoms with Crippen molar-refractivity contribution in [2.75, 3.05) is 25.1 Å². The minimum atomic E-state index is -4.17. The summed E-state index contributed by atoms with van der Waals surface area (Å²) in [5.41, 5.74) is 0.218. The van der Waals surface area contributed by atoms with Crippen molar-refractivity contribution in [3.05, 3.63) is 64.2 Å². The summed E-state index contributed by atoms with van der Waals surface area (Å²) in [5, 5.41) is 9.72. The Hall–Kier alpha value is -2.92. The molecule has 4 saturated carbocycles. The number of fused-ring (bicyclic) bond motifs is 3. The number of aromatic nitrogens is 3. The van der Waals surface area contributed by atoms with Crippen LogP contribution in [0.5, 0.6) is 5.75 Å². The predicted octanol–water partition coefficient (Wildman–Crippen LogP) is 6.39. The van der Waals surface area contributed by atoms with Crippen molar-refractivity contribution in [3.8, 4) is 11.4 Å². The van der Waals surface area contributed by atoms with Gasteiger partial charge in [-0.15, -0.1) is 10.2 Å². The molecular formula is C29H27ClF5N5O. The van der Waals surface area contributed by atoms with E-state index in [1.165, 1.54) is 13.2 Å². The first-order chi connectivity index (χ1) is 19.4. The van der Waals surface area contributed by atoms with E-state index in [-0.39, 0.29) is 36.3 Å². The van der Waals surface area contributed by atoms with Gasteiger partial charge in [0.25, 0.3) is 0 Å². The molecule has 2 aromatic carbocycles. The molecule has 5 fully saturated rings. The molecule has 216 valence electrons. The van der Waals surface area contributed by atoms with Gasteiger partial charge in [-0.05, 0) is 55.9 Å². The number of anilines is 1. The maximum absolute atomic E-state index is 14.5. The van der Waals surface area contributed by atoms with Gasteiger partial charge >= 0.3 is 6.18 Å². The van der Waals surface area contributed by atoms with Crippen LogP contribution in [0.1, 0.15) is 55.2 Å². The van der Waals surface area contributed by atoms with Crippen molar-refractivity contribution in [3.63, 3.8) is 0 Å². The maximum Gasteiger partial charge on any atom is 0.394 e. The summed E-state index contributed by atoms with van der Waals surface area (Å²) in [4.78, 5) is 4.05. The SMILES string of the molecule is COc1cc(N2CC3(CC(c4nnc5n4-c4ccc(Cl)cc4CN(C46CC(C(F)(F)F)(C4)C6)C5)C3)C2)c(F)cc1F. The average molecular weight is 592 g/mol. The van der Waals surface area contributed by atoms with Crippen LogP contribution in [-0.2, 0) is 13.1 Å². The van der Waals surface area contributed by atoms with Gasteiger partial charge in [0.15, 0.2) is 17.4 Å². The van der Waals surface area contributed by atoms with Crippen LogP contribution >= 0.6 is 11.6 Å². The minimum Gasteiger partial charge on any atom is -0.494 e. The molecule has 3 heterocycles. The Balaban J connectivity index is 1.03. The van der Waals surface area contributed by atoms with Gasteiger partial charge < -0.3 is 9.64 Å². The fraction of sp³-hybridized carbons (Fsp3) is 0.517. The first-order valence-corrected chi connectivity index (χ1v) is 14.1. The number of methoxy groups -OCH3 is 1. The van der Waals surface area contributed by atoms with Crippen LogP contribution in [0.25, 0.3) is 5.69 Å². The van der Waals surface area contributed by atoms with Gasteiger partial charge in [-0.1, -0.05) is 11.6 Å². The van der Waals surface area contributed by atoms with Crippen LogP contribution in [0.15, 0.2) is 30.3 Å². The summed E-state index contributed by atoms with van der Waals surface area (Å²) in [6.07, 6.45) is -2.08. The second-order valence-electron chi connectivity index (χ2n) is 12.9. The standard InChI is InChI=1S/C29H27ClF5N5O/c1-41-23-6-22(19(31)5-20(23)32)38-14-26(15-38)7-17(8-26)25-37-36-24-10-39(28-11-27(12-28,13-28)29(33,34)35)9-16-4-18(30)2-3-21(16)40(24)25/h2-6,17H,7-15H2,1H3. The molecule has 0 amide bonds. The van der Waals surface area contributed by atoms with Crippen molar-refractivity contribution in [1.82, 2.24) is 19.7 Å². The molecule has 4 aliphatic carbocycles. The highest BCUT2D eigenvalue weighted by molar-refractivity contribution is 6.30. The van der Waals surface area contributed by atoms with E-state index in [4.69, 9.17) is 16.3 Å². The summed E-state index contributed by atoms with van der Waals surface area (Å²) in [6, 6.07) is 7.92. The van der Waals surface area contributed by atoms with E-state index >= 15 is 0 Å². The van der Waals surface area contributed by atoms with E-state index in [9.17, 15) is 22.0 Å². The smallest absolute Gasteiger partial charge is 0.394 e. The number of rotatable bonds is 4. The molecule has 1 saturated heterocycles. The Kier molecular flexibility index (Phi) is 5.11. The zero-order valence-corrected chi connectivity index (χ0v) is 23.0. The molecule has 6 nitrogen and oxygen atoms in total. The van der Waals surface area contributed by atoms with E-state index in [1.807, 2.05) is 23.1 Å². The number of benzene rings is 2. The van der Waals surface area contributed by atoms with Crippen LogP contribution in [0.4, 0.5) is 27.6 Å². The first kappa shape index (κ1) is 25.8. The van der Waals surface area contributed by atoms with Gasteiger partial charge in [0.1, 0.15) is 11.6 Å². The first-order valence-electron chi connectivity index (χ1n) is 13.8. The Morgan fingerprint density at radius 1 is 0.951 bits per heavy atom. The summed E-state index contributed by atoms with van der Waals surface area (Å²) in [6.45, 7) is 2.23. The molecule has 41 heavy (non-hydrogen) atoms. The Labute approximate surface area is 238 Å². The third kappa shape index (κ3) is 3.51. The van der Waals surface area contributed by atoms with E-state index in [0.29, 0.717) is 36.9 Å². The van der Waals surface area contributed by atoms with Gasteiger partial charge in [0.05, 0.1) is 30.4 Å². The van der Waals surface area contributed by atoms with E-state index in [1.54, 1.807) is 0 Å². The topological polar surface area (TPSA) is 46.4 Å². The lowest BCUT2D eigenvalue weighted by Gasteiger charge is -2.73. The number of nitrogens with zero attached hydrogens (tertiary/aromatic N) is 5. The molecule has 0 radical (unpaired) electrons. The molecular weight excluding hydrogens is 565 g/mol. The van der Waals surface area contributed by atoms with Crippen LogP contribution in [0.2, 0.25) is 5.02 Å². The van der Waals surface area contributed by atoms with E-state index in [0.717, 1.165) is 41.8 Å². The molecule has 0 atom stereocenters. The molecule has 0 unspecified atom stereocenters. The highest BCUT2D eigenvalue weighted by Gasteiger charge is 2.80. The second-order valence-corrected chi connectivity index (χ2v) is 13.3. The monoisotopic (exact) mass is 591 g/mol. The predicted molar refractivity (Wildman–Crippen MR) is 140 cm³/mol. The lowest BCUT2D eigenvalue weighted by molar-refractivity contribution is -0.364. The number of alkyl halides is 3. The number of ether oxygens (including phenoxy) is 1. The fourth-order valence-electron chi connectivity index (χ4n) is 8.27. The quantitative estimate of drug-likeness (QED) is 0.329. The van der Waals surface area contributed by atoms with Gasteiger partial charge in [-0.3, -0.25) is 9.47 Å². The number of hydrogen-bond donors (Lipinski definition) is 0. The summed E-state index contributed by atoms with van der Waals surface area (Å²) in [5.74, 6) is 0.387. The fourth-order valence-corrected chi connectivity index (χ4v) is 8.47. The van der Waals surface area contributed by atoms with Crippen LogP contribution in [0, 0.1) is 22.5 Å². The van der Waals surface area contributed by atoms with Gasteiger partial charge in [-0.25, -0.2) is 8.78 Å². The summed E-state index contributed by atoms with van der Waals surface area (Å²) in [7, 11) is 1.36. The van der Waals surface area contributed by atoms with Crippen LogP contribution in [-0.4, -0.2) is 51.6 Å². The molecule has 2 aliphatic heterocycles. The molecule has 3 aromatic rings. The van der Waals surface area contributed by atoms with Crippen molar-refractivity contribution in [2.24, 2.45) is 10.8 Å². The Morgan fingerprint density at radius 3 is 2.37 bits per heavy atom. The largest absolute Gasteiger partial charge is 0.494 e. The maximum atomic E-state index is 14.5. The molecule has 1 aromatic heterocycles. The Bertz CT molecular complexity index is 1570. The van der Waals surface area contributed by atoms with Crippen molar-refractivity contribution in [2.45, 2.75) is 62.8 Å². The highest BCUT2D eigenvalue weighted by atomic mass is 35.5.